The van der Waals surface area contributed by atoms with Crippen LogP contribution in [-0.4, -0.2) is 27.5 Å². The minimum atomic E-state index is -0.334. The third-order valence-electron chi connectivity index (χ3n) is 0.284. The first-order valence-electron chi connectivity index (χ1n) is 1.62. The first-order valence-corrected chi connectivity index (χ1v) is 4.44. The van der Waals surface area contributed by atoms with E-state index in [1.54, 1.807) is 0 Å². The molecule has 0 aromatic heterocycles. The van der Waals surface area contributed by atoms with Crippen LogP contribution in [0.1, 0.15) is 0 Å². The van der Waals surface area contributed by atoms with Gasteiger partial charge in [-0.15, -0.1) is 0 Å². The molecule has 0 aliphatic rings. The minimum absolute atomic E-state index is 0.334. The molecule has 0 aliphatic carbocycles. The van der Waals surface area contributed by atoms with Crippen molar-refractivity contribution < 1.29 is 0 Å². The summed E-state index contributed by atoms with van der Waals surface area (Å²) in [6, 6.07) is 0. The Bertz CT molecular complexity index is 56.3. The fourth-order valence-electron chi connectivity index (χ4n) is 0.105. The van der Waals surface area contributed by atoms with Crippen molar-refractivity contribution >= 4 is 20.9 Å². The Balaban J connectivity index is 2.54. The van der Waals surface area contributed by atoms with E-state index in [1.165, 1.54) is 0 Å². The van der Waals surface area contributed by atoms with Gasteiger partial charge in [-0.1, -0.05) is 0 Å². The Labute approximate surface area is 47.4 Å². The molecule has 6 heavy (non-hydrogen) atoms. The third-order valence-corrected chi connectivity index (χ3v) is 1.91. The zero-order valence-corrected chi connectivity index (χ0v) is 5.68. The van der Waals surface area contributed by atoms with Crippen LogP contribution in [0.25, 0.3) is 0 Å². The van der Waals surface area contributed by atoms with Crippen molar-refractivity contribution in [3.05, 3.63) is 0 Å². The summed E-state index contributed by atoms with van der Waals surface area (Å²) in [6.45, 7) is 0.690. The Morgan fingerprint density at radius 3 is 2.67 bits per heavy atom. The number of hydrogen-bond acceptors (Lipinski definition) is 2. The van der Waals surface area contributed by atoms with Gasteiger partial charge >= 0.3 is 47.0 Å². The van der Waals surface area contributed by atoms with E-state index in [1.807, 2.05) is 0 Å². The van der Waals surface area contributed by atoms with E-state index in [2.05, 4.69) is 4.12 Å². The molecule has 0 heterocycles. The van der Waals surface area contributed by atoms with Gasteiger partial charge in [0.05, 0.1) is 0 Å². The second kappa shape index (κ2) is 5.24. The molecule has 0 unspecified atom stereocenters. The number of rotatable bonds is 2. The topological polar surface area (TPSA) is 49.8 Å². The molecule has 34 valence electrons. The second-order valence-electron chi connectivity index (χ2n) is 0.728. The molecule has 0 bridgehead atoms. The number of hydrogen-bond donors (Lipinski definition) is 1. The average Bonchev–Trinajstić information content (AvgIpc) is 1.61. The maximum atomic E-state index is 7.95. The van der Waals surface area contributed by atoms with E-state index >= 15 is 0 Å². The van der Waals surface area contributed by atoms with E-state index in [-0.39, 0.29) is 20.9 Å². The zero-order chi connectivity index (χ0) is 4.83. The molecule has 0 saturated heterocycles. The average molecular weight is 198 g/mol. The van der Waals surface area contributed by atoms with Gasteiger partial charge in [0.2, 0.25) is 0 Å². The van der Waals surface area contributed by atoms with Gasteiger partial charge in [0, 0.05) is 0 Å². The van der Waals surface area contributed by atoms with Gasteiger partial charge in [-0.2, -0.15) is 0 Å². The normalized spacial score (nSPS) is 7.33. The van der Waals surface area contributed by atoms with E-state index in [9.17, 15) is 0 Å². The van der Waals surface area contributed by atoms with Crippen LogP contribution in [0.2, 0.25) is 4.47 Å². The van der Waals surface area contributed by atoms with Crippen LogP contribution in [0.3, 0.4) is 0 Å². The van der Waals surface area contributed by atoms with Crippen LogP contribution in [0, 0.1) is 9.38 Å². The number of nitrogens with zero attached hydrogens (tertiary/aromatic N) is 1. The van der Waals surface area contributed by atoms with Gasteiger partial charge in [0.1, 0.15) is 0 Å². The molecule has 2 N–H and O–H groups in total. The fraction of sp³-hybridized carbons (Fsp3) is 0.667. The summed E-state index contributed by atoms with van der Waals surface area (Å²) >= 11 is -0.334. The van der Waals surface area contributed by atoms with Gasteiger partial charge in [0.25, 0.3) is 0 Å². The van der Waals surface area contributed by atoms with Gasteiger partial charge in [-0.3, -0.25) is 0 Å². The van der Waals surface area contributed by atoms with E-state index < -0.39 is 0 Å². The van der Waals surface area contributed by atoms with Crippen LogP contribution in [-0.2, 0) is 0 Å². The van der Waals surface area contributed by atoms with Crippen molar-refractivity contribution in [3.8, 4) is 4.12 Å². The predicted octanol–water partition coefficient (Wildman–Crippen LogP) is -0.451. The predicted molar refractivity (Wildman–Crippen MR) is 25.2 cm³/mol. The number of nitrogens with two attached hydrogens (primary N) is 1. The summed E-state index contributed by atoms with van der Waals surface area (Å²) in [5.41, 5.74) is 5.10. The zero-order valence-electron chi connectivity index (χ0n) is 3.35. The molecular formula is C3H6N2Te. The van der Waals surface area contributed by atoms with E-state index in [0.717, 1.165) is 4.47 Å². The van der Waals surface area contributed by atoms with Crippen LogP contribution < -0.4 is 5.73 Å². The second-order valence-corrected chi connectivity index (χ2v) is 3.24. The summed E-state index contributed by atoms with van der Waals surface area (Å²) in [5.74, 6) is 0. The van der Waals surface area contributed by atoms with Crippen LogP contribution in [0.5, 0.6) is 0 Å². The monoisotopic (exact) mass is 200 g/mol. The summed E-state index contributed by atoms with van der Waals surface area (Å²) in [6.07, 6.45) is 0. The van der Waals surface area contributed by atoms with Crippen molar-refractivity contribution in [1.29, 1.82) is 5.26 Å². The van der Waals surface area contributed by atoms with Crippen molar-refractivity contribution in [2.75, 3.05) is 6.54 Å². The summed E-state index contributed by atoms with van der Waals surface area (Å²) in [7, 11) is 0. The van der Waals surface area contributed by atoms with E-state index in [4.69, 9.17) is 11.0 Å². The molecule has 0 aromatic carbocycles. The first kappa shape index (κ1) is 6.24. The number of nitriles is 1. The summed E-state index contributed by atoms with van der Waals surface area (Å²) in [5, 5.41) is 7.95. The van der Waals surface area contributed by atoms with Crippen molar-refractivity contribution in [3.63, 3.8) is 0 Å². The van der Waals surface area contributed by atoms with Crippen LogP contribution >= 0.6 is 0 Å². The SMILES string of the molecule is N#C[Te]CCN. The molecule has 0 atom stereocenters. The fourth-order valence-corrected chi connectivity index (χ4v) is 0.701. The molecule has 3 heteroatoms. The Hall–Kier alpha value is 0.240. The van der Waals surface area contributed by atoms with E-state index in [0.29, 0.717) is 6.54 Å². The van der Waals surface area contributed by atoms with Gasteiger partial charge in [-0.05, 0) is 0 Å². The Morgan fingerprint density at radius 2 is 2.50 bits per heavy atom. The van der Waals surface area contributed by atoms with Crippen molar-refractivity contribution in [2.45, 2.75) is 4.47 Å². The van der Waals surface area contributed by atoms with Gasteiger partial charge in [-0.25, -0.2) is 0 Å². The molecule has 2 nitrogen and oxygen atoms in total. The molecule has 0 fully saturated rings. The summed E-state index contributed by atoms with van der Waals surface area (Å²) in [4.78, 5) is 0. The van der Waals surface area contributed by atoms with Crippen LogP contribution in [0.4, 0.5) is 0 Å². The molecule has 0 radical (unpaired) electrons. The first-order chi connectivity index (χ1) is 2.91. The molecule has 0 aromatic rings. The molecular weight excluding hydrogens is 192 g/mol. The molecule has 0 aliphatic heterocycles. The molecule has 0 saturated carbocycles. The van der Waals surface area contributed by atoms with Crippen LogP contribution in [0.15, 0.2) is 0 Å². The summed E-state index contributed by atoms with van der Waals surface area (Å²) < 4.78 is 3.08. The van der Waals surface area contributed by atoms with Crippen molar-refractivity contribution in [1.82, 2.24) is 0 Å². The third kappa shape index (κ3) is 4.24. The molecule has 0 rings (SSSR count). The van der Waals surface area contributed by atoms with Gasteiger partial charge < -0.3 is 0 Å². The molecule has 0 amide bonds. The quantitative estimate of drug-likeness (QED) is 0.482. The standard InChI is InChI=1S/C3H6N2Te/c4-1-2-6-3-5/h1-2,4H2. The Kier molecular flexibility index (Phi) is 5.45. The van der Waals surface area contributed by atoms with Gasteiger partial charge in [0.15, 0.2) is 0 Å². The van der Waals surface area contributed by atoms with Crippen molar-refractivity contribution in [2.24, 2.45) is 5.73 Å². The molecule has 0 spiro atoms. The maximum absolute atomic E-state index is 7.95. The Morgan fingerprint density at radius 1 is 1.83 bits per heavy atom.